The van der Waals surface area contributed by atoms with Crippen LogP contribution in [0.1, 0.15) is 81.0 Å². The first-order chi connectivity index (χ1) is 18.4. The molecule has 0 saturated carbocycles. The maximum absolute atomic E-state index is 13.9. The number of halogens is 1. The Kier molecular flexibility index (Phi) is 10.5. The summed E-state index contributed by atoms with van der Waals surface area (Å²) in [7, 11) is 0. The first kappa shape index (κ1) is 28.4. The molecule has 1 aliphatic rings. The number of amides is 1. The van der Waals surface area contributed by atoms with Crippen LogP contribution in [0.4, 0.5) is 0 Å². The van der Waals surface area contributed by atoms with Gasteiger partial charge in [-0.2, -0.15) is 0 Å². The highest BCUT2D eigenvalue weighted by Gasteiger charge is 2.29. The topological polar surface area (TPSA) is 36.7 Å². The van der Waals surface area contributed by atoms with Crippen molar-refractivity contribution in [2.75, 3.05) is 19.6 Å². The van der Waals surface area contributed by atoms with Crippen molar-refractivity contribution in [3.05, 3.63) is 82.6 Å². The number of furan rings is 1. The fraction of sp³-hybridized carbons (Fsp3) is 0.485. The second-order valence-corrected chi connectivity index (χ2v) is 11.5. The van der Waals surface area contributed by atoms with Gasteiger partial charge >= 0.3 is 0 Å². The van der Waals surface area contributed by atoms with Crippen molar-refractivity contribution < 1.29 is 9.21 Å². The zero-order valence-corrected chi connectivity index (χ0v) is 24.1. The van der Waals surface area contributed by atoms with Gasteiger partial charge in [-0.1, -0.05) is 69.5 Å². The first-order valence-corrected chi connectivity index (χ1v) is 14.8. The third kappa shape index (κ3) is 7.74. The van der Waals surface area contributed by atoms with Crippen LogP contribution in [-0.4, -0.2) is 41.4 Å². The van der Waals surface area contributed by atoms with E-state index in [1.54, 1.807) is 0 Å². The summed E-state index contributed by atoms with van der Waals surface area (Å²) in [5.74, 6) is 2.31. The van der Waals surface area contributed by atoms with Crippen LogP contribution in [0.2, 0.25) is 5.02 Å². The van der Waals surface area contributed by atoms with E-state index in [2.05, 4.69) is 37.8 Å². The van der Waals surface area contributed by atoms with Crippen LogP contribution in [0.5, 0.6) is 0 Å². The third-order valence-electron chi connectivity index (χ3n) is 7.68. The standard InChI is InChI=1S/C33H43ClN2O2/c1-4-5-6-9-26-12-14-27(15-13-26)33(37)36(28-19-22-35(23-20-28)21-18-25(2)3)24-29-16-17-32(38-29)30-10-7-8-11-31(30)34/h7-8,10-17,25,28H,4-6,9,18-24H2,1-3H3. The highest BCUT2D eigenvalue weighted by Crippen LogP contribution is 2.30. The number of hydrogen-bond acceptors (Lipinski definition) is 3. The number of hydrogen-bond donors (Lipinski definition) is 0. The quantitative estimate of drug-likeness (QED) is 0.218. The predicted molar refractivity (Wildman–Crippen MR) is 158 cm³/mol. The highest BCUT2D eigenvalue weighted by molar-refractivity contribution is 6.33. The molecule has 0 radical (unpaired) electrons. The Labute approximate surface area is 234 Å². The molecule has 2 aromatic carbocycles. The summed E-state index contributed by atoms with van der Waals surface area (Å²) in [5.41, 5.74) is 2.93. The monoisotopic (exact) mass is 534 g/mol. The van der Waals surface area contributed by atoms with E-state index in [9.17, 15) is 4.79 Å². The average Bonchev–Trinajstić information content (AvgIpc) is 3.40. The fourth-order valence-corrected chi connectivity index (χ4v) is 5.49. The molecule has 2 heterocycles. The molecule has 1 saturated heterocycles. The van der Waals surface area contributed by atoms with Crippen LogP contribution < -0.4 is 0 Å². The summed E-state index contributed by atoms with van der Waals surface area (Å²) < 4.78 is 6.23. The van der Waals surface area contributed by atoms with Gasteiger partial charge in [0.25, 0.3) is 5.91 Å². The summed E-state index contributed by atoms with van der Waals surface area (Å²) in [6.07, 6.45) is 7.90. The molecule has 0 bridgehead atoms. The second-order valence-electron chi connectivity index (χ2n) is 11.1. The number of likely N-dealkylation sites (tertiary alicyclic amines) is 1. The SMILES string of the molecule is CCCCCc1ccc(C(=O)N(Cc2ccc(-c3ccccc3Cl)o2)C2CCN(CCC(C)C)CC2)cc1. The van der Waals surface area contributed by atoms with Crippen LogP contribution in [0, 0.1) is 5.92 Å². The van der Waals surface area contributed by atoms with E-state index in [1.165, 1.54) is 31.2 Å². The molecular formula is C33H43ClN2O2. The molecule has 0 N–H and O–H groups in total. The Morgan fingerprint density at radius 2 is 1.76 bits per heavy atom. The molecule has 5 heteroatoms. The van der Waals surface area contributed by atoms with Gasteiger partial charge in [-0.3, -0.25) is 4.79 Å². The molecule has 38 heavy (non-hydrogen) atoms. The summed E-state index contributed by atoms with van der Waals surface area (Å²) in [6, 6.07) is 20.1. The van der Waals surface area contributed by atoms with Crippen molar-refractivity contribution in [2.45, 2.75) is 78.3 Å². The molecule has 0 unspecified atom stereocenters. The van der Waals surface area contributed by atoms with E-state index in [-0.39, 0.29) is 11.9 Å². The number of carbonyl (C=O) groups is 1. The van der Waals surface area contributed by atoms with E-state index in [0.717, 1.165) is 61.5 Å². The van der Waals surface area contributed by atoms with Crippen LogP contribution in [0.15, 0.2) is 65.1 Å². The van der Waals surface area contributed by atoms with Gasteiger partial charge in [0, 0.05) is 30.3 Å². The highest BCUT2D eigenvalue weighted by atomic mass is 35.5. The Bertz CT molecular complexity index is 1150. The molecule has 0 atom stereocenters. The van der Waals surface area contributed by atoms with Crippen molar-refractivity contribution in [1.29, 1.82) is 0 Å². The largest absolute Gasteiger partial charge is 0.459 e. The minimum absolute atomic E-state index is 0.0847. The van der Waals surface area contributed by atoms with Gasteiger partial charge in [0.2, 0.25) is 0 Å². The number of aryl methyl sites for hydroxylation is 1. The van der Waals surface area contributed by atoms with Gasteiger partial charge in [-0.05, 0) is 86.5 Å². The van der Waals surface area contributed by atoms with Crippen LogP contribution >= 0.6 is 11.6 Å². The summed E-state index contributed by atoms with van der Waals surface area (Å²) >= 11 is 6.41. The van der Waals surface area contributed by atoms with Crippen molar-refractivity contribution in [3.8, 4) is 11.3 Å². The van der Waals surface area contributed by atoms with Crippen LogP contribution in [0.3, 0.4) is 0 Å². The third-order valence-corrected chi connectivity index (χ3v) is 8.01. The number of carbonyl (C=O) groups excluding carboxylic acids is 1. The minimum Gasteiger partial charge on any atom is -0.459 e. The maximum Gasteiger partial charge on any atom is 0.254 e. The zero-order chi connectivity index (χ0) is 26.9. The van der Waals surface area contributed by atoms with Gasteiger partial charge in [0.05, 0.1) is 11.6 Å². The Balaban J connectivity index is 1.50. The van der Waals surface area contributed by atoms with Crippen LogP contribution in [0.25, 0.3) is 11.3 Å². The second kappa shape index (κ2) is 14.0. The molecule has 1 aliphatic heterocycles. The lowest BCUT2D eigenvalue weighted by molar-refractivity contribution is 0.0527. The lowest BCUT2D eigenvalue weighted by Crippen LogP contribution is -2.47. The number of unbranched alkanes of at least 4 members (excludes halogenated alkanes) is 2. The van der Waals surface area contributed by atoms with E-state index in [1.807, 2.05) is 53.4 Å². The number of benzene rings is 2. The molecule has 3 aromatic rings. The van der Waals surface area contributed by atoms with Gasteiger partial charge in [-0.25, -0.2) is 0 Å². The van der Waals surface area contributed by atoms with Gasteiger partial charge in [0.15, 0.2) is 0 Å². The predicted octanol–water partition coefficient (Wildman–Crippen LogP) is 8.49. The van der Waals surface area contributed by atoms with Gasteiger partial charge < -0.3 is 14.2 Å². The maximum atomic E-state index is 13.9. The zero-order valence-electron chi connectivity index (χ0n) is 23.3. The molecule has 0 aliphatic carbocycles. The molecule has 1 fully saturated rings. The van der Waals surface area contributed by atoms with Crippen molar-refractivity contribution >= 4 is 17.5 Å². The summed E-state index contributed by atoms with van der Waals surface area (Å²) in [4.78, 5) is 18.5. The summed E-state index contributed by atoms with van der Waals surface area (Å²) in [5, 5.41) is 0.661. The van der Waals surface area contributed by atoms with E-state index < -0.39 is 0 Å². The number of nitrogens with zero attached hydrogens (tertiary/aromatic N) is 2. The Morgan fingerprint density at radius 3 is 2.45 bits per heavy atom. The molecule has 204 valence electrons. The van der Waals surface area contributed by atoms with Gasteiger partial charge in [0.1, 0.15) is 11.5 Å². The Morgan fingerprint density at radius 1 is 1.03 bits per heavy atom. The lowest BCUT2D eigenvalue weighted by Gasteiger charge is -2.38. The van der Waals surface area contributed by atoms with Gasteiger partial charge in [-0.15, -0.1) is 0 Å². The van der Waals surface area contributed by atoms with Crippen molar-refractivity contribution in [3.63, 3.8) is 0 Å². The number of rotatable bonds is 12. The van der Waals surface area contributed by atoms with Crippen LogP contribution in [-0.2, 0) is 13.0 Å². The first-order valence-electron chi connectivity index (χ1n) is 14.4. The molecule has 4 rings (SSSR count). The molecular weight excluding hydrogens is 492 g/mol. The van der Waals surface area contributed by atoms with Crippen molar-refractivity contribution in [1.82, 2.24) is 9.80 Å². The minimum atomic E-state index is 0.0847. The van der Waals surface area contributed by atoms with E-state index >= 15 is 0 Å². The van der Waals surface area contributed by atoms with Crippen molar-refractivity contribution in [2.24, 2.45) is 5.92 Å². The Hall–Kier alpha value is -2.56. The van der Waals surface area contributed by atoms with E-state index in [0.29, 0.717) is 17.5 Å². The normalized spacial score (nSPS) is 14.8. The molecule has 4 nitrogen and oxygen atoms in total. The molecule has 1 aromatic heterocycles. The number of piperidine rings is 1. The average molecular weight is 535 g/mol. The molecule has 1 amide bonds. The lowest BCUT2D eigenvalue weighted by atomic mass is 10.00. The summed E-state index contributed by atoms with van der Waals surface area (Å²) in [6.45, 7) is 10.4. The molecule has 0 spiro atoms. The fourth-order valence-electron chi connectivity index (χ4n) is 5.26. The van der Waals surface area contributed by atoms with E-state index in [4.69, 9.17) is 16.0 Å². The smallest absolute Gasteiger partial charge is 0.254 e.